The lowest BCUT2D eigenvalue weighted by atomic mass is 10.1. The molecule has 0 heterocycles. The van der Waals surface area contributed by atoms with Crippen LogP contribution >= 0.6 is 0 Å². The van der Waals surface area contributed by atoms with Crippen molar-refractivity contribution in [1.29, 1.82) is 0 Å². The number of hydrogen-bond acceptors (Lipinski definition) is 6. The summed E-state index contributed by atoms with van der Waals surface area (Å²) in [6.45, 7) is 1.47. The highest BCUT2D eigenvalue weighted by atomic mass is 32.2. The topological polar surface area (TPSA) is 170 Å². The second-order valence-corrected chi connectivity index (χ2v) is 10.8. The van der Waals surface area contributed by atoms with Crippen LogP contribution in [0.25, 0.3) is 0 Å². The molecule has 12 heteroatoms. The van der Waals surface area contributed by atoms with Gasteiger partial charge in [-0.2, -0.15) is 0 Å². The number of nitrogens with zero attached hydrogens (tertiary/aromatic N) is 2. The molecule has 5 N–H and O–H groups in total. The molecular weight excluding hydrogens is 536 g/mol. The van der Waals surface area contributed by atoms with Gasteiger partial charge < -0.3 is 21.3 Å². The number of sulfonamides is 1. The highest BCUT2D eigenvalue weighted by Crippen LogP contribution is 2.34. The van der Waals surface area contributed by atoms with Crippen molar-refractivity contribution in [3.63, 3.8) is 0 Å². The maximum absolute atomic E-state index is 13.4. The zero-order valence-corrected chi connectivity index (χ0v) is 22.8. The molecule has 0 saturated heterocycles. The van der Waals surface area contributed by atoms with Crippen molar-refractivity contribution < 1.29 is 33.0 Å². The monoisotopic (exact) mass is 568 g/mol. The van der Waals surface area contributed by atoms with Crippen LogP contribution in [0.15, 0.2) is 83.8 Å². The molecule has 3 amide bonds. The number of carboxylic acid groups (broad SMARTS) is 1. The van der Waals surface area contributed by atoms with Gasteiger partial charge in [-0.25, -0.2) is 13.2 Å². The number of primary amides is 1. The Hall–Kier alpha value is -4.58. The van der Waals surface area contributed by atoms with Crippen LogP contribution in [-0.4, -0.2) is 54.0 Å². The first-order chi connectivity index (χ1) is 19.1. The second kappa shape index (κ2) is 13.5. The molecule has 0 radical (unpaired) electrons. The van der Waals surface area contributed by atoms with Crippen molar-refractivity contribution in [2.45, 2.75) is 43.8 Å². The van der Waals surface area contributed by atoms with Gasteiger partial charge >= 0.3 is 6.09 Å². The van der Waals surface area contributed by atoms with E-state index in [0.29, 0.717) is 12.0 Å². The van der Waals surface area contributed by atoms with E-state index in [2.05, 4.69) is 5.32 Å². The Kier molecular flexibility index (Phi) is 10.1. The number of hydrogen-bond donors (Lipinski definition) is 4. The minimum atomic E-state index is -4.00. The highest BCUT2D eigenvalue weighted by molar-refractivity contribution is 7.92. The van der Waals surface area contributed by atoms with Crippen LogP contribution in [0.3, 0.4) is 0 Å². The van der Waals surface area contributed by atoms with E-state index < -0.39 is 40.4 Å². The molecule has 0 aliphatic rings. The average molecular weight is 569 g/mol. The third-order valence-corrected chi connectivity index (χ3v) is 7.92. The molecule has 0 spiro atoms. The van der Waals surface area contributed by atoms with Crippen molar-refractivity contribution in [2.24, 2.45) is 5.73 Å². The van der Waals surface area contributed by atoms with Gasteiger partial charge in [-0.15, -0.1) is 0 Å². The Balaban J connectivity index is 1.87. The number of amides is 3. The predicted octanol–water partition coefficient (Wildman–Crippen LogP) is 3.04. The summed E-state index contributed by atoms with van der Waals surface area (Å²) in [7, 11) is -4.00. The summed E-state index contributed by atoms with van der Waals surface area (Å²) in [5.74, 6) is -2.03. The molecule has 0 bridgehead atoms. The van der Waals surface area contributed by atoms with Crippen LogP contribution in [0.4, 0.5) is 10.5 Å². The lowest BCUT2D eigenvalue weighted by Crippen LogP contribution is -2.50. The maximum Gasteiger partial charge on any atom is 0.408 e. The van der Waals surface area contributed by atoms with Gasteiger partial charge in [0.25, 0.3) is 10.0 Å². The molecule has 212 valence electrons. The van der Waals surface area contributed by atoms with Crippen LogP contribution in [0.5, 0.6) is 5.75 Å². The minimum Gasteiger partial charge on any atom is -0.505 e. The Morgan fingerprint density at radius 1 is 0.950 bits per heavy atom. The summed E-state index contributed by atoms with van der Waals surface area (Å²) in [5, 5.41) is 23.4. The van der Waals surface area contributed by atoms with E-state index in [4.69, 9.17) is 5.73 Å². The molecule has 0 aromatic heterocycles. The van der Waals surface area contributed by atoms with Crippen molar-refractivity contribution >= 4 is 33.6 Å². The number of rotatable bonds is 13. The number of carbonyl (C=O) groups is 3. The van der Waals surface area contributed by atoms with E-state index in [1.54, 1.807) is 61.5 Å². The van der Waals surface area contributed by atoms with Crippen molar-refractivity contribution in [2.75, 3.05) is 10.8 Å². The number of benzene rings is 3. The Morgan fingerprint density at radius 2 is 1.57 bits per heavy atom. The number of phenols is 1. The molecule has 3 aromatic carbocycles. The fourth-order valence-corrected chi connectivity index (χ4v) is 5.73. The fraction of sp³-hybridized carbons (Fsp3) is 0.250. The van der Waals surface area contributed by atoms with Crippen LogP contribution < -0.4 is 15.4 Å². The molecule has 0 aliphatic carbocycles. The molecule has 40 heavy (non-hydrogen) atoms. The first-order valence-corrected chi connectivity index (χ1v) is 14.0. The van der Waals surface area contributed by atoms with Crippen LogP contribution in [-0.2, 0) is 32.7 Å². The van der Waals surface area contributed by atoms with Crippen molar-refractivity contribution in [1.82, 2.24) is 10.2 Å². The summed E-state index contributed by atoms with van der Waals surface area (Å²) in [4.78, 5) is 37.8. The second-order valence-electron chi connectivity index (χ2n) is 8.98. The van der Waals surface area contributed by atoms with E-state index in [9.17, 15) is 33.0 Å². The first-order valence-electron chi connectivity index (χ1n) is 12.5. The number of para-hydroxylation sites is 1. The molecule has 0 unspecified atom stereocenters. The van der Waals surface area contributed by atoms with Gasteiger partial charge in [-0.3, -0.25) is 18.8 Å². The Morgan fingerprint density at radius 3 is 2.15 bits per heavy atom. The largest absolute Gasteiger partial charge is 0.505 e. The van der Waals surface area contributed by atoms with E-state index >= 15 is 0 Å². The van der Waals surface area contributed by atoms with Crippen molar-refractivity contribution in [3.8, 4) is 5.75 Å². The Labute approximate surface area is 232 Å². The van der Waals surface area contributed by atoms with Gasteiger partial charge in [-0.1, -0.05) is 67.6 Å². The van der Waals surface area contributed by atoms with Crippen LogP contribution in [0.1, 0.15) is 30.9 Å². The third-order valence-electron chi connectivity index (χ3n) is 6.09. The number of anilines is 1. The molecule has 3 rings (SSSR count). The summed E-state index contributed by atoms with van der Waals surface area (Å²) in [5.41, 5.74) is 6.15. The minimum absolute atomic E-state index is 0.0300. The summed E-state index contributed by atoms with van der Waals surface area (Å²) in [6, 6.07) is 19.4. The number of nitrogens with one attached hydrogen (secondary N) is 1. The molecule has 0 saturated carbocycles. The lowest BCUT2D eigenvalue weighted by Gasteiger charge is -2.28. The normalized spacial score (nSPS) is 11.8. The van der Waals surface area contributed by atoms with Gasteiger partial charge in [0.05, 0.1) is 17.0 Å². The lowest BCUT2D eigenvalue weighted by molar-refractivity contribution is -0.130. The summed E-state index contributed by atoms with van der Waals surface area (Å²) in [6.07, 6.45) is -1.51. The Bertz CT molecular complexity index is 1430. The number of aromatic hydroxyl groups is 1. The van der Waals surface area contributed by atoms with Gasteiger partial charge in [0, 0.05) is 25.2 Å². The fourth-order valence-electron chi connectivity index (χ4n) is 4.14. The molecule has 11 nitrogen and oxygen atoms in total. The van der Waals surface area contributed by atoms with Crippen LogP contribution in [0.2, 0.25) is 0 Å². The van der Waals surface area contributed by atoms with Crippen LogP contribution in [0, 0.1) is 0 Å². The van der Waals surface area contributed by atoms with Gasteiger partial charge in [-0.05, 0) is 30.2 Å². The van der Waals surface area contributed by atoms with Crippen molar-refractivity contribution in [3.05, 3.63) is 90.0 Å². The first kappa shape index (κ1) is 30.0. The van der Waals surface area contributed by atoms with E-state index in [1.807, 2.05) is 0 Å². The number of carbonyl (C=O) groups excluding carboxylic acids is 2. The van der Waals surface area contributed by atoms with Gasteiger partial charge in [0.2, 0.25) is 11.8 Å². The quantitative estimate of drug-likeness (QED) is 0.245. The van der Waals surface area contributed by atoms with Gasteiger partial charge in [0.1, 0.15) is 11.8 Å². The predicted molar refractivity (Wildman–Crippen MR) is 149 cm³/mol. The van der Waals surface area contributed by atoms with Gasteiger partial charge in [0.15, 0.2) is 0 Å². The smallest absolute Gasteiger partial charge is 0.408 e. The maximum atomic E-state index is 13.4. The zero-order chi connectivity index (χ0) is 29.3. The molecule has 1 atom stereocenters. The average Bonchev–Trinajstić information content (AvgIpc) is 2.94. The molecule has 0 aliphatic heterocycles. The summed E-state index contributed by atoms with van der Waals surface area (Å²) >= 11 is 0. The standard InChI is InChI=1S/C28H32N4O7S/c1-2-16-32(40(38,39)22-13-7-4-8-14-22)23-15-9-12-21(26(23)34)18-30-27(35)24(17-25(29)33)31(28(36)37)19-20-10-5-3-6-11-20/h3-15,24,34H,2,16-19H2,1H3,(H2,29,33)(H,30,35)(H,36,37)/t24-/m0/s1. The number of phenolic OH excluding ortho intramolecular Hbond substituents is 1. The van der Waals surface area contributed by atoms with E-state index in [1.165, 1.54) is 24.3 Å². The SMILES string of the molecule is CCCN(c1cccc(CNC(=O)[C@H](CC(N)=O)N(Cc2ccccc2)C(=O)O)c1O)S(=O)(=O)c1ccccc1. The molecule has 0 fully saturated rings. The molecule has 3 aromatic rings. The number of nitrogens with two attached hydrogens (primary N) is 1. The third kappa shape index (κ3) is 7.29. The molecular formula is C28H32N4O7S. The van der Waals surface area contributed by atoms with E-state index in [-0.39, 0.29) is 41.5 Å². The zero-order valence-electron chi connectivity index (χ0n) is 21.9. The van der Waals surface area contributed by atoms with E-state index in [0.717, 1.165) is 9.21 Å². The summed E-state index contributed by atoms with van der Waals surface area (Å²) < 4.78 is 27.8. The highest BCUT2D eigenvalue weighted by Gasteiger charge is 2.32.